The molecule has 0 heterocycles. The molecule has 0 amide bonds. The van der Waals surface area contributed by atoms with Crippen LogP contribution in [0.5, 0.6) is 0 Å². The highest BCUT2D eigenvalue weighted by Crippen LogP contribution is 1.24. The Morgan fingerprint density at radius 2 is 1.17 bits per heavy atom. The fourth-order valence-corrected chi connectivity index (χ4v) is 0. The number of quaternary nitrogens is 1. The number of hydrogen-bond acceptors (Lipinski definition) is 3. The maximum atomic E-state index is 8.52. The van der Waals surface area contributed by atoms with Crippen molar-refractivity contribution in [3.05, 3.63) is 0 Å². The first kappa shape index (κ1) is 9.58. The summed E-state index contributed by atoms with van der Waals surface area (Å²) >= 11 is -3.65. The Kier molecular flexibility index (Phi) is 14.4. The van der Waals surface area contributed by atoms with Crippen molar-refractivity contribution >= 4 is 0 Å². The van der Waals surface area contributed by atoms with Crippen molar-refractivity contribution in [1.29, 1.82) is 0 Å². The lowest BCUT2D eigenvalue weighted by Gasteiger charge is -1.85. The van der Waals surface area contributed by atoms with Gasteiger partial charge in [0.25, 0.3) is 0 Å². The number of rotatable bonds is 0. The second kappa shape index (κ2) is 9.01. The quantitative estimate of drug-likeness (QED) is 0.385. The fraction of sp³-hybridized carbons (Fsp3) is 1.00. The van der Waals surface area contributed by atoms with Gasteiger partial charge in [-0.15, -0.1) is 0 Å². The Morgan fingerprint density at radius 3 is 1.17 bits per heavy atom. The third kappa shape index (κ3) is 465. The molecule has 0 saturated carbocycles. The van der Waals surface area contributed by atoms with Gasteiger partial charge in [0.2, 0.25) is 14.8 Å². The van der Waals surface area contributed by atoms with Crippen LogP contribution >= 0.6 is 0 Å². The lowest BCUT2D eigenvalue weighted by atomic mass is 11.6. The van der Waals surface area contributed by atoms with Gasteiger partial charge in [0.1, 0.15) is 0 Å². The minimum atomic E-state index is -3.65. The van der Waals surface area contributed by atoms with Crippen molar-refractivity contribution in [2.75, 3.05) is 7.05 Å². The van der Waals surface area contributed by atoms with Crippen LogP contribution in [0.15, 0.2) is 0 Å². The molecule has 40 valence electrons. The summed E-state index contributed by atoms with van der Waals surface area (Å²) in [6, 6.07) is 0. The van der Waals surface area contributed by atoms with Crippen molar-refractivity contribution < 1.29 is 33.1 Å². The maximum absolute atomic E-state index is 8.52. The summed E-state index contributed by atoms with van der Waals surface area (Å²) in [6.45, 7) is 0. The molecule has 0 aromatic carbocycles. The Hall–Kier alpha value is 0.320. The standard InChI is InChI=1S/CH5N.BrO3/c1-2;2-1(3)4/h2H2,1H3;/q;-1/p+1. The predicted octanol–water partition coefficient (Wildman–Crippen LogP) is -4.71. The van der Waals surface area contributed by atoms with Gasteiger partial charge in [0.15, 0.2) is 0 Å². The molecule has 0 aliphatic heterocycles. The maximum Gasteiger partial charge on any atom is 0.216 e. The molecule has 0 radical (unpaired) electrons. The van der Waals surface area contributed by atoms with Gasteiger partial charge in [-0.2, -0.15) is 0 Å². The fourth-order valence-electron chi connectivity index (χ4n) is 0. The zero-order valence-electron chi connectivity index (χ0n) is 3.31. The van der Waals surface area contributed by atoms with Gasteiger partial charge in [-0.3, -0.25) is 0 Å². The summed E-state index contributed by atoms with van der Waals surface area (Å²) in [5.41, 5.74) is 3.25. The minimum absolute atomic E-state index is 1.75. The van der Waals surface area contributed by atoms with E-state index in [-0.39, 0.29) is 0 Å². The first-order valence-corrected chi connectivity index (χ1v) is 3.11. The molecule has 0 spiro atoms. The lowest BCUT2D eigenvalue weighted by Crippen LogP contribution is -2.42. The Morgan fingerprint density at radius 1 is 1.17 bits per heavy atom. The first-order chi connectivity index (χ1) is 2.73. The highest BCUT2D eigenvalue weighted by atomic mass is 80.0. The van der Waals surface area contributed by atoms with Crippen molar-refractivity contribution in [2.45, 2.75) is 0 Å². The Bertz CT molecular complexity index is 15.5. The van der Waals surface area contributed by atoms with Crippen molar-refractivity contribution in [3.8, 4) is 0 Å². The van der Waals surface area contributed by atoms with Gasteiger partial charge < -0.3 is 18.3 Å². The van der Waals surface area contributed by atoms with E-state index in [1.807, 2.05) is 0 Å². The predicted molar refractivity (Wildman–Crippen MR) is 8.81 cm³/mol. The summed E-state index contributed by atoms with van der Waals surface area (Å²) in [6.07, 6.45) is 0. The SMILES string of the molecule is C[NH3+].[O-][Br+2]([O-])[O-]. The lowest BCUT2D eigenvalue weighted by molar-refractivity contribution is -1.73. The second-order valence-corrected chi connectivity index (χ2v) is 0.982. The molecule has 4 nitrogen and oxygen atoms in total. The molecule has 5 heteroatoms. The molecule has 0 fully saturated rings. The van der Waals surface area contributed by atoms with Crippen LogP contribution in [-0.4, -0.2) is 7.05 Å². The average Bonchev–Trinajstić information content (AvgIpc) is 1.41. The summed E-state index contributed by atoms with van der Waals surface area (Å²) in [4.78, 5) is 0. The molecule has 0 atom stereocenters. The molecule has 0 unspecified atom stereocenters. The highest BCUT2D eigenvalue weighted by Gasteiger charge is 1.67. The van der Waals surface area contributed by atoms with E-state index in [2.05, 4.69) is 5.73 Å². The Labute approximate surface area is 41.0 Å². The van der Waals surface area contributed by atoms with Crippen LogP contribution in [0.1, 0.15) is 0 Å². The monoisotopic (exact) mass is 159 g/mol. The zero-order valence-corrected chi connectivity index (χ0v) is 4.90. The molecular formula is CH6BrNO3. The van der Waals surface area contributed by atoms with Crippen LogP contribution in [0.2, 0.25) is 0 Å². The van der Waals surface area contributed by atoms with Crippen LogP contribution in [0.25, 0.3) is 0 Å². The normalized spacial score (nSPS) is 7.00. The largest absolute Gasteiger partial charge is 0.405 e. The molecule has 0 saturated heterocycles. The van der Waals surface area contributed by atoms with E-state index in [1.54, 1.807) is 7.05 Å². The molecular weight excluding hydrogens is 154 g/mol. The van der Waals surface area contributed by atoms with Crippen molar-refractivity contribution in [1.82, 2.24) is 0 Å². The molecule has 0 aliphatic rings. The average molecular weight is 160 g/mol. The molecule has 0 bridgehead atoms. The molecule has 6 heavy (non-hydrogen) atoms. The summed E-state index contributed by atoms with van der Waals surface area (Å²) in [5.74, 6) is 0. The van der Waals surface area contributed by atoms with Crippen molar-refractivity contribution in [3.63, 3.8) is 0 Å². The second-order valence-electron chi connectivity index (χ2n) is 0.189. The van der Waals surface area contributed by atoms with E-state index in [0.29, 0.717) is 0 Å². The van der Waals surface area contributed by atoms with Gasteiger partial charge in [0.05, 0.1) is 7.05 Å². The summed E-state index contributed by atoms with van der Waals surface area (Å²) < 4.78 is 25.6. The van der Waals surface area contributed by atoms with Gasteiger partial charge in [-0.1, -0.05) is 0 Å². The minimum Gasteiger partial charge on any atom is -0.405 e. The van der Waals surface area contributed by atoms with Crippen LogP contribution in [0.3, 0.4) is 0 Å². The Balaban J connectivity index is 0. The van der Waals surface area contributed by atoms with Crippen LogP contribution in [-0.2, 0) is 0 Å². The zero-order chi connectivity index (χ0) is 5.58. The van der Waals surface area contributed by atoms with E-state index in [0.717, 1.165) is 0 Å². The molecule has 0 aromatic rings. The molecule has 0 aliphatic carbocycles. The highest BCUT2D eigenvalue weighted by molar-refractivity contribution is 3.08. The van der Waals surface area contributed by atoms with E-state index in [9.17, 15) is 0 Å². The van der Waals surface area contributed by atoms with Gasteiger partial charge in [0, 0.05) is 0 Å². The molecule has 0 rings (SSSR count). The number of hydrogen-bond donors (Lipinski definition) is 1. The first-order valence-electron chi connectivity index (χ1n) is 1.17. The third-order valence-corrected chi connectivity index (χ3v) is 0. The third-order valence-electron chi connectivity index (χ3n) is 0. The topological polar surface area (TPSA) is 96.8 Å². The van der Waals surface area contributed by atoms with E-state index >= 15 is 0 Å². The summed E-state index contributed by atoms with van der Waals surface area (Å²) in [5, 5.41) is 0. The smallest absolute Gasteiger partial charge is 0.216 e. The van der Waals surface area contributed by atoms with Gasteiger partial charge >= 0.3 is 0 Å². The van der Waals surface area contributed by atoms with E-state index in [4.69, 9.17) is 12.6 Å². The van der Waals surface area contributed by atoms with E-state index in [1.165, 1.54) is 0 Å². The molecule has 0 aromatic heterocycles. The van der Waals surface area contributed by atoms with Crippen LogP contribution < -0.4 is 18.3 Å². The van der Waals surface area contributed by atoms with Crippen LogP contribution in [0.4, 0.5) is 0 Å². The van der Waals surface area contributed by atoms with Gasteiger partial charge in [-0.25, -0.2) is 0 Å². The number of halogens is 1. The van der Waals surface area contributed by atoms with E-state index < -0.39 is 14.8 Å². The van der Waals surface area contributed by atoms with Gasteiger partial charge in [-0.05, 0) is 0 Å². The molecule has 3 N–H and O–H groups in total. The van der Waals surface area contributed by atoms with Crippen molar-refractivity contribution in [2.24, 2.45) is 0 Å². The summed E-state index contributed by atoms with van der Waals surface area (Å²) in [7, 11) is 1.75. The van der Waals surface area contributed by atoms with Crippen LogP contribution in [0, 0.1) is 14.8 Å².